The van der Waals surface area contributed by atoms with E-state index in [0.717, 1.165) is 25.8 Å². The largest absolute Gasteiger partial charge is 0.354 e. The maximum absolute atomic E-state index is 12.5. The van der Waals surface area contributed by atoms with Crippen molar-refractivity contribution in [2.24, 2.45) is 5.92 Å². The number of hydrogen-bond acceptors (Lipinski definition) is 5. The second-order valence-electron chi connectivity index (χ2n) is 7.09. The highest BCUT2D eigenvalue weighted by Crippen LogP contribution is 2.26. The van der Waals surface area contributed by atoms with Crippen molar-refractivity contribution in [1.29, 1.82) is 0 Å². The number of sulfonamides is 1. The van der Waals surface area contributed by atoms with Crippen molar-refractivity contribution in [3.8, 4) is 0 Å². The molecule has 0 spiro atoms. The molecule has 2 amide bonds. The summed E-state index contributed by atoms with van der Waals surface area (Å²) in [7, 11) is -3.43. The fourth-order valence-electron chi connectivity index (χ4n) is 3.63. The van der Waals surface area contributed by atoms with Crippen LogP contribution in [0.2, 0.25) is 0 Å². The van der Waals surface area contributed by atoms with E-state index in [1.54, 1.807) is 17.5 Å². The third-order valence-electron chi connectivity index (χ3n) is 5.27. The Bertz CT molecular complexity index is 741. The van der Waals surface area contributed by atoms with Crippen LogP contribution in [-0.4, -0.2) is 62.2 Å². The predicted octanol–water partition coefficient (Wildman–Crippen LogP) is 1.67. The Labute approximate surface area is 164 Å². The summed E-state index contributed by atoms with van der Waals surface area (Å²) in [5.41, 5.74) is 0. The molecule has 1 N–H and O–H groups in total. The average molecular weight is 414 g/mol. The topological polar surface area (TPSA) is 86.8 Å². The van der Waals surface area contributed by atoms with E-state index < -0.39 is 10.0 Å². The molecule has 3 heterocycles. The highest BCUT2D eigenvalue weighted by Gasteiger charge is 2.32. The van der Waals surface area contributed by atoms with Gasteiger partial charge in [-0.05, 0) is 37.1 Å². The molecular formula is C18H27N3O4S2. The number of nitrogens with zero attached hydrogens (tertiary/aromatic N) is 2. The van der Waals surface area contributed by atoms with Crippen LogP contribution in [0.3, 0.4) is 0 Å². The van der Waals surface area contributed by atoms with Gasteiger partial charge < -0.3 is 10.2 Å². The number of amides is 2. The Balaban J connectivity index is 1.43. The molecule has 27 heavy (non-hydrogen) atoms. The van der Waals surface area contributed by atoms with Gasteiger partial charge in [0, 0.05) is 45.1 Å². The van der Waals surface area contributed by atoms with Crippen LogP contribution >= 0.6 is 11.3 Å². The zero-order valence-corrected chi connectivity index (χ0v) is 17.1. The van der Waals surface area contributed by atoms with Gasteiger partial charge in [0.05, 0.1) is 0 Å². The van der Waals surface area contributed by atoms with Crippen molar-refractivity contribution in [3.63, 3.8) is 0 Å². The molecule has 0 radical (unpaired) electrons. The van der Waals surface area contributed by atoms with Gasteiger partial charge in [0.25, 0.3) is 10.0 Å². The van der Waals surface area contributed by atoms with Crippen LogP contribution in [0.25, 0.3) is 0 Å². The maximum Gasteiger partial charge on any atom is 0.252 e. The molecule has 1 aromatic heterocycles. The normalized spacial score (nSPS) is 20.4. The summed E-state index contributed by atoms with van der Waals surface area (Å²) in [5, 5.41) is 4.68. The maximum atomic E-state index is 12.5. The summed E-state index contributed by atoms with van der Waals surface area (Å²) in [6, 6.07) is 3.34. The van der Waals surface area contributed by atoms with E-state index in [1.165, 1.54) is 15.6 Å². The van der Waals surface area contributed by atoms with Crippen molar-refractivity contribution in [3.05, 3.63) is 17.5 Å². The minimum atomic E-state index is -3.43. The van der Waals surface area contributed by atoms with Crippen LogP contribution in [0.15, 0.2) is 21.7 Å². The number of nitrogens with one attached hydrogen (secondary N) is 1. The summed E-state index contributed by atoms with van der Waals surface area (Å²) in [6.45, 7) is 2.51. The monoisotopic (exact) mass is 413 g/mol. The molecule has 0 unspecified atom stereocenters. The first kappa shape index (κ1) is 20.3. The molecule has 1 aromatic rings. The third kappa shape index (κ3) is 5.08. The number of rotatable bonds is 6. The zero-order chi connectivity index (χ0) is 19.3. The minimum Gasteiger partial charge on any atom is -0.354 e. The minimum absolute atomic E-state index is 0.0366. The van der Waals surface area contributed by atoms with E-state index in [-0.39, 0.29) is 17.7 Å². The van der Waals surface area contributed by atoms with E-state index in [1.807, 2.05) is 4.90 Å². The van der Waals surface area contributed by atoms with E-state index in [4.69, 9.17) is 0 Å². The Morgan fingerprint density at radius 3 is 2.67 bits per heavy atom. The Morgan fingerprint density at radius 1 is 1.19 bits per heavy atom. The van der Waals surface area contributed by atoms with Crippen molar-refractivity contribution >= 4 is 33.2 Å². The van der Waals surface area contributed by atoms with Gasteiger partial charge in [-0.15, -0.1) is 11.3 Å². The summed E-state index contributed by atoms with van der Waals surface area (Å²) >= 11 is 1.22. The quantitative estimate of drug-likeness (QED) is 0.769. The van der Waals surface area contributed by atoms with Gasteiger partial charge in [-0.25, -0.2) is 8.42 Å². The molecule has 0 bridgehead atoms. The summed E-state index contributed by atoms with van der Waals surface area (Å²) in [5.74, 6) is -0.0288. The number of likely N-dealkylation sites (tertiary alicyclic amines) is 1. The van der Waals surface area contributed by atoms with Gasteiger partial charge in [0.2, 0.25) is 11.8 Å². The van der Waals surface area contributed by atoms with E-state index in [0.29, 0.717) is 49.7 Å². The van der Waals surface area contributed by atoms with Gasteiger partial charge in [-0.3, -0.25) is 9.59 Å². The fourth-order valence-corrected chi connectivity index (χ4v) is 6.24. The zero-order valence-electron chi connectivity index (χ0n) is 15.4. The average Bonchev–Trinajstić information content (AvgIpc) is 3.14. The van der Waals surface area contributed by atoms with Crippen molar-refractivity contribution in [1.82, 2.24) is 14.5 Å². The lowest BCUT2D eigenvalue weighted by Crippen LogP contribution is -2.44. The lowest BCUT2D eigenvalue weighted by Gasteiger charge is -2.30. The van der Waals surface area contributed by atoms with Crippen molar-refractivity contribution in [2.75, 3.05) is 32.7 Å². The van der Waals surface area contributed by atoms with Crippen LogP contribution in [0.5, 0.6) is 0 Å². The number of hydrogen-bond donors (Lipinski definition) is 1. The molecule has 150 valence electrons. The highest BCUT2D eigenvalue weighted by molar-refractivity contribution is 7.91. The number of carbonyl (C=O) groups excluding carboxylic acids is 2. The standard InChI is InChI=1S/C18H27N3O4S2/c22-16-5-2-1-3-10-20(16)13-9-19-18(23)15-7-11-21(12-8-15)27(24,25)17-6-4-14-26-17/h4,6,14-15H,1-3,5,7-13H2,(H,19,23). The second-order valence-corrected chi connectivity index (χ2v) is 10.2. The first-order chi connectivity index (χ1) is 13.0. The lowest BCUT2D eigenvalue weighted by atomic mass is 9.97. The van der Waals surface area contributed by atoms with Crippen LogP contribution in [0, 0.1) is 5.92 Å². The van der Waals surface area contributed by atoms with Gasteiger partial charge in [-0.1, -0.05) is 12.5 Å². The van der Waals surface area contributed by atoms with Crippen molar-refractivity contribution in [2.45, 2.75) is 42.7 Å². The van der Waals surface area contributed by atoms with Gasteiger partial charge in [0.1, 0.15) is 4.21 Å². The SMILES string of the molecule is O=C(NCCN1CCCCCC1=O)C1CCN(S(=O)(=O)c2cccs2)CC1. The third-order valence-corrected chi connectivity index (χ3v) is 8.54. The Hall–Kier alpha value is -1.45. The van der Waals surface area contributed by atoms with Crippen LogP contribution in [0.4, 0.5) is 0 Å². The molecule has 3 rings (SSSR count). The molecule has 0 atom stereocenters. The van der Waals surface area contributed by atoms with E-state index in [2.05, 4.69) is 5.32 Å². The summed E-state index contributed by atoms with van der Waals surface area (Å²) in [6.07, 6.45) is 4.72. The molecule has 0 aromatic carbocycles. The molecule has 2 fully saturated rings. The molecule has 2 saturated heterocycles. The van der Waals surface area contributed by atoms with Gasteiger partial charge >= 0.3 is 0 Å². The Morgan fingerprint density at radius 2 is 1.96 bits per heavy atom. The predicted molar refractivity (Wildman–Crippen MR) is 104 cm³/mol. The number of thiophene rings is 1. The molecule has 2 aliphatic heterocycles. The molecule has 0 saturated carbocycles. The summed E-state index contributed by atoms with van der Waals surface area (Å²) in [4.78, 5) is 26.2. The van der Waals surface area contributed by atoms with Gasteiger partial charge in [-0.2, -0.15) is 4.31 Å². The summed E-state index contributed by atoms with van der Waals surface area (Å²) < 4.78 is 26.9. The van der Waals surface area contributed by atoms with E-state index >= 15 is 0 Å². The molecule has 2 aliphatic rings. The lowest BCUT2D eigenvalue weighted by molar-refractivity contribution is -0.131. The molecular weight excluding hydrogens is 386 g/mol. The molecule has 7 nitrogen and oxygen atoms in total. The first-order valence-corrected chi connectivity index (χ1v) is 11.9. The number of piperidine rings is 1. The van der Waals surface area contributed by atoms with Crippen molar-refractivity contribution < 1.29 is 18.0 Å². The highest BCUT2D eigenvalue weighted by atomic mass is 32.2. The fraction of sp³-hybridized carbons (Fsp3) is 0.667. The first-order valence-electron chi connectivity index (χ1n) is 9.57. The van der Waals surface area contributed by atoms with Crippen LogP contribution in [-0.2, 0) is 19.6 Å². The molecule has 0 aliphatic carbocycles. The van der Waals surface area contributed by atoms with Crippen LogP contribution in [0.1, 0.15) is 38.5 Å². The Kier molecular flexibility index (Phi) is 6.88. The van der Waals surface area contributed by atoms with Gasteiger partial charge in [0.15, 0.2) is 0 Å². The van der Waals surface area contributed by atoms with Crippen LogP contribution < -0.4 is 5.32 Å². The van der Waals surface area contributed by atoms with E-state index in [9.17, 15) is 18.0 Å². The number of carbonyl (C=O) groups is 2. The second kappa shape index (κ2) is 9.16. The smallest absolute Gasteiger partial charge is 0.252 e. The molecule has 9 heteroatoms.